The Labute approximate surface area is 107 Å². The summed E-state index contributed by atoms with van der Waals surface area (Å²) in [5.41, 5.74) is 2.17. The van der Waals surface area contributed by atoms with E-state index in [0.29, 0.717) is 12.3 Å². The van der Waals surface area contributed by atoms with E-state index in [9.17, 15) is 0 Å². The summed E-state index contributed by atoms with van der Waals surface area (Å²) in [5.74, 6) is 2.39. The van der Waals surface area contributed by atoms with Crippen molar-refractivity contribution in [2.75, 3.05) is 12.4 Å². The zero-order chi connectivity index (χ0) is 12.4. The van der Waals surface area contributed by atoms with E-state index >= 15 is 0 Å². The lowest BCUT2D eigenvalue weighted by Crippen LogP contribution is -2.04. The second kappa shape index (κ2) is 4.72. The van der Waals surface area contributed by atoms with Gasteiger partial charge < -0.3 is 5.32 Å². The third-order valence-electron chi connectivity index (χ3n) is 3.11. The number of aromatic nitrogens is 3. The SMILES string of the molecule is CNc1cc(C2CC2)nc(Cc2ccccn2)n1. The number of nitrogens with one attached hydrogen (secondary N) is 1. The van der Waals surface area contributed by atoms with Gasteiger partial charge in [-0.15, -0.1) is 0 Å². The Morgan fingerprint density at radius 2 is 2.17 bits per heavy atom. The number of hydrogen-bond acceptors (Lipinski definition) is 4. The first-order valence-corrected chi connectivity index (χ1v) is 6.30. The third-order valence-corrected chi connectivity index (χ3v) is 3.11. The molecule has 92 valence electrons. The fourth-order valence-corrected chi connectivity index (χ4v) is 1.98. The van der Waals surface area contributed by atoms with E-state index in [1.54, 1.807) is 6.20 Å². The van der Waals surface area contributed by atoms with Crippen molar-refractivity contribution in [2.45, 2.75) is 25.2 Å². The van der Waals surface area contributed by atoms with Gasteiger partial charge in [-0.3, -0.25) is 4.98 Å². The molecular weight excluding hydrogens is 224 g/mol. The number of anilines is 1. The van der Waals surface area contributed by atoms with Crippen molar-refractivity contribution in [3.63, 3.8) is 0 Å². The Morgan fingerprint density at radius 3 is 2.83 bits per heavy atom. The summed E-state index contributed by atoms with van der Waals surface area (Å²) >= 11 is 0. The van der Waals surface area contributed by atoms with Crippen molar-refractivity contribution >= 4 is 5.82 Å². The molecule has 1 N–H and O–H groups in total. The van der Waals surface area contributed by atoms with Gasteiger partial charge in [-0.1, -0.05) is 6.07 Å². The molecule has 0 aliphatic heterocycles. The number of hydrogen-bond donors (Lipinski definition) is 1. The van der Waals surface area contributed by atoms with Crippen molar-refractivity contribution in [1.82, 2.24) is 15.0 Å². The molecule has 1 fully saturated rings. The molecule has 0 radical (unpaired) electrons. The molecule has 0 spiro atoms. The fourth-order valence-electron chi connectivity index (χ4n) is 1.98. The van der Waals surface area contributed by atoms with E-state index < -0.39 is 0 Å². The molecule has 2 heterocycles. The van der Waals surface area contributed by atoms with Crippen molar-refractivity contribution in [1.29, 1.82) is 0 Å². The second-order valence-electron chi connectivity index (χ2n) is 4.62. The van der Waals surface area contributed by atoms with Gasteiger partial charge in [0.1, 0.15) is 11.6 Å². The van der Waals surface area contributed by atoms with Crippen LogP contribution in [0.3, 0.4) is 0 Å². The first kappa shape index (κ1) is 11.1. The van der Waals surface area contributed by atoms with Gasteiger partial charge in [0, 0.05) is 36.6 Å². The lowest BCUT2D eigenvalue weighted by Gasteiger charge is -2.07. The van der Waals surface area contributed by atoms with Crippen molar-refractivity contribution in [3.8, 4) is 0 Å². The van der Waals surface area contributed by atoms with Gasteiger partial charge in [0.15, 0.2) is 0 Å². The highest BCUT2D eigenvalue weighted by molar-refractivity contribution is 5.37. The molecule has 1 saturated carbocycles. The maximum Gasteiger partial charge on any atom is 0.136 e. The van der Waals surface area contributed by atoms with Gasteiger partial charge in [-0.2, -0.15) is 0 Å². The molecule has 2 aromatic heterocycles. The second-order valence-corrected chi connectivity index (χ2v) is 4.62. The minimum Gasteiger partial charge on any atom is -0.373 e. The van der Waals surface area contributed by atoms with Crippen molar-refractivity contribution < 1.29 is 0 Å². The summed E-state index contributed by atoms with van der Waals surface area (Å²) in [6, 6.07) is 7.97. The van der Waals surface area contributed by atoms with Crippen LogP contribution in [0.15, 0.2) is 30.5 Å². The highest BCUT2D eigenvalue weighted by atomic mass is 15.0. The smallest absolute Gasteiger partial charge is 0.136 e. The van der Waals surface area contributed by atoms with Crippen LogP contribution in [0, 0.1) is 0 Å². The van der Waals surface area contributed by atoms with Crippen LogP contribution in [0.25, 0.3) is 0 Å². The molecule has 18 heavy (non-hydrogen) atoms. The summed E-state index contributed by atoms with van der Waals surface area (Å²) in [7, 11) is 1.89. The minimum atomic E-state index is 0.641. The van der Waals surface area contributed by atoms with E-state index in [0.717, 1.165) is 17.3 Å². The number of rotatable bonds is 4. The zero-order valence-corrected chi connectivity index (χ0v) is 10.4. The molecule has 1 aliphatic rings. The lowest BCUT2D eigenvalue weighted by molar-refractivity contribution is 0.885. The van der Waals surface area contributed by atoms with Crippen LogP contribution in [0.5, 0.6) is 0 Å². The summed E-state index contributed by atoms with van der Waals surface area (Å²) in [6.07, 6.45) is 5.00. The van der Waals surface area contributed by atoms with Gasteiger partial charge in [0.05, 0.1) is 6.42 Å². The fraction of sp³-hybridized carbons (Fsp3) is 0.357. The highest BCUT2D eigenvalue weighted by Crippen LogP contribution is 2.39. The van der Waals surface area contributed by atoms with Gasteiger partial charge in [0.25, 0.3) is 0 Å². The molecular formula is C14H16N4. The zero-order valence-electron chi connectivity index (χ0n) is 10.4. The molecule has 4 nitrogen and oxygen atoms in total. The van der Waals surface area contributed by atoms with E-state index in [2.05, 4.69) is 26.3 Å². The molecule has 0 unspecified atom stereocenters. The Morgan fingerprint density at radius 1 is 1.28 bits per heavy atom. The molecule has 4 heteroatoms. The molecule has 0 amide bonds. The van der Waals surface area contributed by atoms with Crippen LogP contribution in [-0.4, -0.2) is 22.0 Å². The summed E-state index contributed by atoms with van der Waals surface area (Å²) in [6.45, 7) is 0. The quantitative estimate of drug-likeness (QED) is 0.891. The normalized spacial score (nSPS) is 14.5. The monoisotopic (exact) mass is 240 g/mol. The maximum atomic E-state index is 4.65. The molecule has 0 atom stereocenters. The average molecular weight is 240 g/mol. The lowest BCUT2D eigenvalue weighted by atomic mass is 10.2. The standard InChI is InChI=1S/C14H16N4/c1-15-13-9-12(10-5-6-10)17-14(18-13)8-11-4-2-3-7-16-11/h2-4,7,9-10H,5-6,8H2,1H3,(H,15,17,18). The Kier molecular flexibility index (Phi) is 2.92. The van der Waals surface area contributed by atoms with Gasteiger partial charge in [-0.25, -0.2) is 9.97 Å². The third kappa shape index (κ3) is 2.47. The Hall–Kier alpha value is -1.97. The molecule has 2 aromatic rings. The molecule has 1 aliphatic carbocycles. The summed E-state index contributed by atoms with van der Waals surface area (Å²) in [5, 5.41) is 3.10. The molecule has 0 bridgehead atoms. The van der Waals surface area contributed by atoms with Crippen molar-refractivity contribution in [3.05, 3.63) is 47.7 Å². The van der Waals surface area contributed by atoms with E-state index in [4.69, 9.17) is 0 Å². The average Bonchev–Trinajstić information content (AvgIpc) is 3.24. The van der Waals surface area contributed by atoms with Crippen LogP contribution in [0.4, 0.5) is 5.82 Å². The molecule has 0 saturated heterocycles. The van der Waals surface area contributed by atoms with Gasteiger partial charge in [0.2, 0.25) is 0 Å². The van der Waals surface area contributed by atoms with Crippen LogP contribution in [0.2, 0.25) is 0 Å². The Bertz CT molecular complexity index is 535. The van der Waals surface area contributed by atoms with Gasteiger partial charge >= 0.3 is 0 Å². The first-order valence-electron chi connectivity index (χ1n) is 6.30. The first-order chi connectivity index (χ1) is 8.85. The predicted molar refractivity (Wildman–Crippen MR) is 70.6 cm³/mol. The summed E-state index contributed by atoms with van der Waals surface area (Å²) < 4.78 is 0. The van der Waals surface area contributed by atoms with Crippen LogP contribution in [-0.2, 0) is 6.42 Å². The van der Waals surface area contributed by atoms with Crippen molar-refractivity contribution in [2.24, 2.45) is 0 Å². The van der Waals surface area contributed by atoms with Crippen LogP contribution >= 0.6 is 0 Å². The summed E-state index contributed by atoms with van der Waals surface area (Å²) in [4.78, 5) is 13.5. The number of nitrogens with zero attached hydrogens (tertiary/aromatic N) is 3. The molecule has 0 aromatic carbocycles. The topological polar surface area (TPSA) is 50.7 Å². The largest absolute Gasteiger partial charge is 0.373 e. The minimum absolute atomic E-state index is 0.641. The maximum absolute atomic E-state index is 4.65. The van der Waals surface area contributed by atoms with Gasteiger partial charge in [-0.05, 0) is 25.0 Å². The van der Waals surface area contributed by atoms with Crippen LogP contribution < -0.4 is 5.32 Å². The van der Waals surface area contributed by atoms with E-state index in [1.807, 2.05) is 25.2 Å². The van der Waals surface area contributed by atoms with Crippen LogP contribution in [0.1, 0.15) is 36.0 Å². The highest BCUT2D eigenvalue weighted by Gasteiger charge is 2.26. The predicted octanol–water partition coefficient (Wildman–Crippen LogP) is 2.38. The Balaban J connectivity index is 1.88. The van der Waals surface area contributed by atoms with E-state index in [1.165, 1.54) is 18.5 Å². The molecule has 3 rings (SSSR count). The van der Waals surface area contributed by atoms with E-state index in [-0.39, 0.29) is 0 Å². The number of pyridine rings is 1.